The monoisotopic (exact) mass is 428 g/mol. The Morgan fingerprint density at radius 2 is 1.67 bits per heavy atom. The maximum atomic E-state index is 13.0. The Hall–Kier alpha value is -2.83. The van der Waals surface area contributed by atoms with Crippen LogP contribution in [0.15, 0.2) is 65.1 Å². The lowest BCUT2D eigenvalue weighted by Crippen LogP contribution is -2.48. The van der Waals surface area contributed by atoms with Crippen LogP contribution in [0.1, 0.15) is 21.9 Å². The van der Waals surface area contributed by atoms with Crippen molar-refractivity contribution in [3.8, 4) is 5.75 Å². The zero-order chi connectivity index (χ0) is 20.9. The number of halogens is 2. The Kier molecular flexibility index (Phi) is 6.35. The van der Waals surface area contributed by atoms with Gasteiger partial charge in [-0.1, -0.05) is 23.7 Å². The summed E-state index contributed by atoms with van der Waals surface area (Å²) in [5.41, 5.74) is 1.06. The molecule has 1 aliphatic heterocycles. The van der Waals surface area contributed by atoms with Crippen molar-refractivity contribution < 1.29 is 18.3 Å². The van der Waals surface area contributed by atoms with Crippen LogP contribution in [0.3, 0.4) is 0 Å². The van der Waals surface area contributed by atoms with Crippen LogP contribution >= 0.6 is 11.6 Å². The van der Waals surface area contributed by atoms with E-state index in [1.54, 1.807) is 53.4 Å². The Morgan fingerprint density at radius 1 is 0.967 bits per heavy atom. The zero-order valence-corrected chi connectivity index (χ0v) is 17.1. The molecule has 1 amide bonds. The van der Waals surface area contributed by atoms with E-state index in [0.29, 0.717) is 35.4 Å². The van der Waals surface area contributed by atoms with Gasteiger partial charge < -0.3 is 14.1 Å². The fraction of sp³-hybridized carbons (Fsp3) is 0.261. The predicted molar refractivity (Wildman–Crippen MR) is 112 cm³/mol. The summed E-state index contributed by atoms with van der Waals surface area (Å²) in [5, 5.41) is 0.644. The van der Waals surface area contributed by atoms with Crippen molar-refractivity contribution in [3.63, 3.8) is 0 Å². The molecular formula is C23H22ClFN2O3. The number of nitrogens with zero attached hydrogens (tertiary/aromatic N) is 2. The summed E-state index contributed by atoms with van der Waals surface area (Å²) in [6.45, 7) is 3.75. The fourth-order valence-electron chi connectivity index (χ4n) is 3.37. The van der Waals surface area contributed by atoms with E-state index in [1.165, 1.54) is 12.1 Å². The number of rotatable bonds is 6. The molecule has 0 saturated carbocycles. The lowest BCUT2D eigenvalue weighted by atomic mass is 10.2. The van der Waals surface area contributed by atoms with Crippen LogP contribution in [0.2, 0.25) is 5.02 Å². The second-order valence-corrected chi connectivity index (χ2v) is 7.64. The molecule has 0 spiro atoms. The van der Waals surface area contributed by atoms with Gasteiger partial charge in [0.2, 0.25) is 0 Å². The smallest absolute Gasteiger partial charge is 0.289 e. The standard InChI is InChI=1S/C23H22ClFN2O3/c24-18-3-7-20(8-4-18)29-16-21-9-10-22(30-21)23(28)27-13-11-26(12-14-27)15-17-1-5-19(25)6-2-17/h1-10H,11-16H2. The first-order chi connectivity index (χ1) is 14.6. The second-order valence-electron chi connectivity index (χ2n) is 7.20. The number of furan rings is 1. The highest BCUT2D eigenvalue weighted by Gasteiger charge is 2.24. The summed E-state index contributed by atoms with van der Waals surface area (Å²) >= 11 is 5.86. The summed E-state index contributed by atoms with van der Waals surface area (Å²) in [6.07, 6.45) is 0. The van der Waals surface area contributed by atoms with Gasteiger partial charge in [0, 0.05) is 37.7 Å². The minimum Gasteiger partial charge on any atom is -0.486 e. The molecule has 0 N–H and O–H groups in total. The van der Waals surface area contributed by atoms with Gasteiger partial charge in [-0.25, -0.2) is 4.39 Å². The average molecular weight is 429 g/mol. The summed E-state index contributed by atoms with van der Waals surface area (Å²) < 4.78 is 24.4. The molecule has 30 heavy (non-hydrogen) atoms. The van der Waals surface area contributed by atoms with E-state index in [2.05, 4.69) is 4.90 Å². The number of hydrogen-bond donors (Lipinski definition) is 0. The SMILES string of the molecule is O=C(c1ccc(COc2ccc(Cl)cc2)o1)N1CCN(Cc2ccc(F)cc2)CC1. The molecule has 1 aromatic heterocycles. The molecule has 2 aromatic carbocycles. The van der Waals surface area contributed by atoms with Gasteiger partial charge in [-0.3, -0.25) is 9.69 Å². The van der Waals surface area contributed by atoms with Crippen molar-refractivity contribution in [2.75, 3.05) is 26.2 Å². The van der Waals surface area contributed by atoms with E-state index in [1.807, 2.05) is 0 Å². The van der Waals surface area contributed by atoms with Crippen LogP contribution in [0.5, 0.6) is 5.75 Å². The number of amides is 1. The molecule has 156 valence electrons. The van der Waals surface area contributed by atoms with Crippen molar-refractivity contribution >= 4 is 17.5 Å². The van der Waals surface area contributed by atoms with Crippen LogP contribution in [0, 0.1) is 5.82 Å². The van der Waals surface area contributed by atoms with E-state index >= 15 is 0 Å². The number of ether oxygens (including phenoxy) is 1. The lowest BCUT2D eigenvalue weighted by molar-refractivity contribution is 0.0594. The Labute approximate surface area is 179 Å². The zero-order valence-electron chi connectivity index (χ0n) is 16.4. The first-order valence-electron chi connectivity index (χ1n) is 9.80. The molecule has 0 bridgehead atoms. The van der Waals surface area contributed by atoms with Crippen LogP contribution in [0.4, 0.5) is 4.39 Å². The largest absolute Gasteiger partial charge is 0.486 e. The predicted octanol–water partition coefficient (Wildman–Crippen LogP) is 4.61. The van der Waals surface area contributed by atoms with E-state index in [9.17, 15) is 9.18 Å². The topological polar surface area (TPSA) is 45.9 Å². The molecule has 4 rings (SSSR count). The molecule has 0 radical (unpaired) electrons. The number of hydrogen-bond acceptors (Lipinski definition) is 4. The van der Waals surface area contributed by atoms with Gasteiger partial charge in [0.05, 0.1) is 0 Å². The molecule has 1 aliphatic rings. The first-order valence-corrected chi connectivity index (χ1v) is 10.2. The van der Waals surface area contributed by atoms with E-state index < -0.39 is 0 Å². The molecule has 3 aromatic rings. The molecular weight excluding hydrogens is 407 g/mol. The Bertz CT molecular complexity index is 980. The maximum Gasteiger partial charge on any atom is 0.289 e. The summed E-state index contributed by atoms with van der Waals surface area (Å²) in [7, 11) is 0. The van der Waals surface area contributed by atoms with Gasteiger partial charge >= 0.3 is 0 Å². The van der Waals surface area contributed by atoms with Crippen molar-refractivity contribution in [2.24, 2.45) is 0 Å². The van der Waals surface area contributed by atoms with Gasteiger partial charge in [0.1, 0.15) is 23.9 Å². The molecule has 0 atom stereocenters. The minimum atomic E-state index is -0.231. The third kappa shape index (κ3) is 5.20. The first kappa shape index (κ1) is 20.4. The summed E-state index contributed by atoms with van der Waals surface area (Å²) in [5.74, 6) is 1.24. The number of benzene rings is 2. The van der Waals surface area contributed by atoms with Gasteiger partial charge in [-0.05, 0) is 54.1 Å². The molecule has 0 aliphatic carbocycles. The highest BCUT2D eigenvalue weighted by Crippen LogP contribution is 2.19. The summed E-state index contributed by atoms with van der Waals surface area (Å²) in [6, 6.07) is 17.0. The quantitative estimate of drug-likeness (QED) is 0.575. The van der Waals surface area contributed by atoms with Gasteiger partial charge in [-0.2, -0.15) is 0 Å². The third-order valence-electron chi connectivity index (χ3n) is 5.05. The third-order valence-corrected chi connectivity index (χ3v) is 5.30. The van der Waals surface area contributed by atoms with Crippen LogP contribution < -0.4 is 4.74 Å². The Morgan fingerprint density at radius 3 is 2.37 bits per heavy atom. The van der Waals surface area contributed by atoms with Gasteiger partial charge in [0.25, 0.3) is 5.91 Å². The van der Waals surface area contributed by atoms with Crippen LogP contribution in [-0.2, 0) is 13.2 Å². The van der Waals surface area contributed by atoms with E-state index in [4.69, 9.17) is 20.8 Å². The van der Waals surface area contributed by atoms with E-state index in [0.717, 1.165) is 25.2 Å². The highest BCUT2D eigenvalue weighted by molar-refractivity contribution is 6.30. The number of carbonyl (C=O) groups excluding carboxylic acids is 1. The van der Waals surface area contributed by atoms with Crippen LogP contribution in [0.25, 0.3) is 0 Å². The Balaban J connectivity index is 1.27. The van der Waals surface area contributed by atoms with Gasteiger partial charge in [0.15, 0.2) is 5.76 Å². The molecule has 1 saturated heterocycles. The normalized spacial score (nSPS) is 14.7. The molecule has 7 heteroatoms. The molecule has 1 fully saturated rings. The summed E-state index contributed by atoms with van der Waals surface area (Å²) in [4.78, 5) is 16.8. The van der Waals surface area contributed by atoms with Crippen molar-refractivity contribution in [2.45, 2.75) is 13.2 Å². The van der Waals surface area contributed by atoms with Crippen molar-refractivity contribution in [1.82, 2.24) is 9.80 Å². The maximum absolute atomic E-state index is 13.0. The second kappa shape index (κ2) is 9.32. The van der Waals surface area contributed by atoms with Crippen molar-refractivity contribution in [3.05, 3.63) is 88.6 Å². The molecule has 5 nitrogen and oxygen atoms in total. The fourth-order valence-corrected chi connectivity index (χ4v) is 3.49. The number of piperazine rings is 1. The molecule has 0 unspecified atom stereocenters. The average Bonchev–Trinajstić information content (AvgIpc) is 3.24. The molecule has 2 heterocycles. The lowest BCUT2D eigenvalue weighted by Gasteiger charge is -2.34. The van der Waals surface area contributed by atoms with E-state index in [-0.39, 0.29) is 18.3 Å². The van der Waals surface area contributed by atoms with Crippen molar-refractivity contribution in [1.29, 1.82) is 0 Å². The minimum absolute atomic E-state index is 0.117. The highest BCUT2D eigenvalue weighted by atomic mass is 35.5. The van der Waals surface area contributed by atoms with Crippen LogP contribution in [-0.4, -0.2) is 41.9 Å². The number of carbonyl (C=O) groups is 1. The van der Waals surface area contributed by atoms with Gasteiger partial charge in [-0.15, -0.1) is 0 Å².